The molecule has 3 saturated carbocycles. The molecule has 0 N–H and O–H groups in total. The molecule has 0 bridgehead atoms. The van der Waals surface area contributed by atoms with E-state index in [2.05, 4.69) is 19.9 Å². The van der Waals surface area contributed by atoms with Crippen LogP contribution in [0, 0.1) is 35.5 Å². The molecule has 6 nitrogen and oxygen atoms in total. The summed E-state index contributed by atoms with van der Waals surface area (Å²) >= 11 is 0. The number of rotatable bonds is 3. The van der Waals surface area contributed by atoms with E-state index in [1.54, 1.807) is 0 Å². The summed E-state index contributed by atoms with van der Waals surface area (Å²) in [5, 5.41) is 0. The number of allylic oxidation sites excluding steroid dienone is 1. The van der Waals surface area contributed by atoms with Gasteiger partial charge in [-0.05, 0) is 62.0 Å². The number of carbonyl (C=O) groups excluding carboxylic acids is 3. The lowest BCUT2D eigenvalue weighted by Gasteiger charge is -2.60. The Hall–Kier alpha value is -2.37. The SMILES string of the molecule is CC(=O)O[C@H]1CC[C@@]2(C)C(=C[C@@H](c3ccc(C)o3)[C@H]3C4CCC(=O)[C@@]4(C)C[C@@H](OC(C)=O)[C@@H]32)C1. The number of Topliss-reactive ketones (excluding diaryl/α,β-unsaturated/α-hetero) is 1. The molecule has 3 fully saturated rings. The van der Waals surface area contributed by atoms with Crippen molar-refractivity contribution in [1.29, 1.82) is 0 Å². The maximum Gasteiger partial charge on any atom is 0.302 e. The Morgan fingerprint density at radius 2 is 1.79 bits per heavy atom. The fraction of sp³-hybridized carbons (Fsp3) is 0.679. The van der Waals surface area contributed by atoms with E-state index in [0.29, 0.717) is 25.0 Å². The van der Waals surface area contributed by atoms with Crippen molar-refractivity contribution >= 4 is 17.7 Å². The Bertz CT molecular complexity index is 1050. The predicted molar refractivity (Wildman–Crippen MR) is 125 cm³/mol. The largest absolute Gasteiger partial charge is 0.466 e. The lowest BCUT2D eigenvalue weighted by molar-refractivity contribution is -0.176. The van der Waals surface area contributed by atoms with Gasteiger partial charge in [0.15, 0.2) is 0 Å². The minimum atomic E-state index is -0.488. The summed E-state index contributed by atoms with van der Waals surface area (Å²) in [7, 11) is 0. The molecule has 0 radical (unpaired) electrons. The van der Waals surface area contributed by atoms with Gasteiger partial charge in [-0.1, -0.05) is 25.5 Å². The third-order valence-corrected chi connectivity index (χ3v) is 9.48. The summed E-state index contributed by atoms with van der Waals surface area (Å²) in [5.41, 5.74) is 0.583. The molecular formula is C28H36O6. The van der Waals surface area contributed by atoms with Crippen LogP contribution in [0.2, 0.25) is 0 Å². The monoisotopic (exact) mass is 468 g/mol. The fourth-order valence-corrected chi connectivity index (χ4v) is 8.07. The third-order valence-electron chi connectivity index (χ3n) is 9.48. The Balaban J connectivity index is 1.66. The topological polar surface area (TPSA) is 82.8 Å². The highest BCUT2D eigenvalue weighted by atomic mass is 16.5. The van der Waals surface area contributed by atoms with Crippen LogP contribution in [0.3, 0.4) is 0 Å². The standard InChI is InChI=1S/C28H36O6/c1-15-6-8-22(32-15)20-13-18-12-19(33-16(2)29)10-11-27(18,4)26-23(34-17(3)30)14-28(5)21(25(20)26)7-9-24(28)31/h6,8,13,19-21,23,25-26H,7,9-12,14H2,1-5H3/t19-,20-,21?,23+,25-,26-,27-,28-/m0/s1. The molecular weight excluding hydrogens is 432 g/mol. The van der Waals surface area contributed by atoms with Crippen molar-refractivity contribution in [3.63, 3.8) is 0 Å². The number of hydrogen-bond donors (Lipinski definition) is 0. The molecule has 1 unspecified atom stereocenters. The van der Waals surface area contributed by atoms with Crippen LogP contribution in [0.15, 0.2) is 28.2 Å². The molecule has 4 aliphatic rings. The second kappa shape index (κ2) is 8.10. The first kappa shape index (κ1) is 23.4. The van der Waals surface area contributed by atoms with Crippen LogP contribution in [-0.4, -0.2) is 29.9 Å². The molecule has 184 valence electrons. The maximum absolute atomic E-state index is 13.2. The molecule has 0 amide bonds. The Morgan fingerprint density at radius 3 is 2.44 bits per heavy atom. The number of hydrogen-bond acceptors (Lipinski definition) is 6. The molecule has 1 heterocycles. The Morgan fingerprint density at radius 1 is 1.06 bits per heavy atom. The molecule has 4 aliphatic carbocycles. The highest BCUT2D eigenvalue weighted by molar-refractivity contribution is 5.87. The van der Waals surface area contributed by atoms with Crippen molar-refractivity contribution in [2.75, 3.05) is 0 Å². The molecule has 0 spiro atoms. The van der Waals surface area contributed by atoms with Gasteiger partial charge < -0.3 is 13.9 Å². The van der Waals surface area contributed by atoms with Crippen molar-refractivity contribution in [3.8, 4) is 0 Å². The minimum absolute atomic E-state index is 0.00793. The average molecular weight is 469 g/mol. The van der Waals surface area contributed by atoms with Crippen molar-refractivity contribution in [3.05, 3.63) is 35.3 Å². The minimum Gasteiger partial charge on any atom is -0.466 e. The molecule has 6 heteroatoms. The van der Waals surface area contributed by atoms with Crippen LogP contribution in [0.5, 0.6) is 0 Å². The summed E-state index contributed by atoms with van der Waals surface area (Å²) in [5.74, 6) is 1.93. The van der Waals surface area contributed by atoms with E-state index in [-0.39, 0.29) is 53.2 Å². The van der Waals surface area contributed by atoms with Gasteiger partial charge in [0.1, 0.15) is 29.5 Å². The first-order chi connectivity index (χ1) is 16.0. The van der Waals surface area contributed by atoms with Crippen molar-refractivity contribution in [2.45, 2.75) is 91.3 Å². The van der Waals surface area contributed by atoms with Gasteiger partial charge in [-0.15, -0.1) is 0 Å². The van der Waals surface area contributed by atoms with E-state index in [1.807, 2.05) is 19.1 Å². The second-order valence-corrected chi connectivity index (χ2v) is 11.5. The number of furan rings is 1. The number of carbonyl (C=O) groups is 3. The quantitative estimate of drug-likeness (QED) is 0.443. The average Bonchev–Trinajstić information content (AvgIpc) is 3.30. The molecule has 0 aliphatic heterocycles. The summed E-state index contributed by atoms with van der Waals surface area (Å²) in [6.07, 6.45) is 6.24. The van der Waals surface area contributed by atoms with Crippen LogP contribution in [0.4, 0.5) is 0 Å². The zero-order valence-corrected chi connectivity index (χ0v) is 20.9. The van der Waals surface area contributed by atoms with E-state index in [4.69, 9.17) is 13.9 Å². The van der Waals surface area contributed by atoms with E-state index in [0.717, 1.165) is 30.8 Å². The molecule has 1 aromatic rings. The highest BCUT2D eigenvalue weighted by Crippen LogP contribution is 2.67. The summed E-state index contributed by atoms with van der Waals surface area (Å²) in [4.78, 5) is 37.1. The molecule has 34 heavy (non-hydrogen) atoms. The molecule has 5 rings (SSSR count). The first-order valence-corrected chi connectivity index (χ1v) is 12.7. The summed E-state index contributed by atoms with van der Waals surface area (Å²) in [6, 6.07) is 4.04. The number of esters is 2. The Kier molecular flexibility index (Phi) is 5.57. The number of aryl methyl sites for hydroxylation is 1. The molecule has 8 atom stereocenters. The maximum atomic E-state index is 13.2. The van der Waals surface area contributed by atoms with Gasteiger partial charge in [0.2, 0.25) is 0 Å². The van der Waals surface area contributed by atoms with Gasteiger partial charge in [-0.3, -0.25) is 14.4 Å². The van der Waals surface area contributed by atoms with Crippen LogP contribution >= 0.6 is 0 Å². The van der Waals surface area contributed by atoms with E-state index in [1.165, 1.54) is 19.4 Å². The number of ketones is 1. The van der Waals surface area contributed by atoms with E-state index in [9.17, 15) is 14.4 Å². The van der Waals surface area contributed by atoms with Gasteiger partial charge in [-0.2, -0.15) is 0 Å². The predicted octanol–water partition coefficient (Wildman–Crippen LogP) is 5.29. The van der Waals surface area contributed by atoms with Crippen molar-refractivity contribution in [2.24, 2.45) is 28.6 Å². The van der Waals surface area contributed by atoms with Crippen LogP contribution in [0.1, 0.15) is 83.7 Å². The second-order valence-electron chi connectivity index (χ2n) is 11.5. The smallest absolute Gasteiger partial charge is 0.302 e. The van der Waals surface area contributed by atoms with Gasteiger partial charge in [0.25, 0.3) is 0 Å². The van der Waals surface area contributed by atoms with Crippen molar-refractivity contribution in [1.82, 2.24) is 0 Å². The van der Waals surface area contributed by atoms with Crippen molar-refractivity contribution < 1.29 is 28.3 Å². The highest BCUT2D eigenvalue weighted by Gasteiger charge is 2.65. The zero-order chi connectivity index (χ0) is 24.4. The summed E-state index contributed by atoms with van der Waals surface area (Å²) in [6.45, 7) is 9.25. The normalized spacial score (nSPS) is 41.1. The van der Waals surface area contributed by atoms with Gasteiger partial charge in [0, 0.05) is 43.9 Å². The lowest BCUT2D eigenvalue weighted by atomic mass is 9.45. The zero-order valence-electron chi connectivity index (χ0n) is 20.9. The Labute approximate surface area is 201 Å². The summed E-state index contributed by atoms with van der Waals surface area (Å²) < 4.78 is 17.8. The number of fused-ring (bicyclic) bond motifs is 5. The van der Waals surface area contributed by atoms with Crippen LogP contribution < -0.4 is 0 Å². The van der Waals surface area contributed by atoms with E-state index >= 15 is 0 Å². The molecule has 0 saturated heterocycles. The van der Waals surface area contributed by atoms with E-state index < -0.39 is 5.41 Å². The third kappa shape index (κ3) is 3.56. The first-order valence-electron chi connectivity index (χ1n) is 12.7. The fourth-order valence-electron chi connectivity index (χ4n) is 8.07. The number of ether oxygens (including phenoxy) is 2. The van der Waals surface area contributed by atoms with Gasteiger partial charge in [-0.25, -0.2) is 0 Å². The van der Waals surface area contributed by atoms with Crippen LogP contribution in [0.25, 0.3) is 0 Å². The van der Waals surface area contributed by atoms with Crippen LogP contribution in [-0.2, 0) is 23.9 Å². The molecule has 1 aromatic heterocycles. The lowest BCUT2D eigenvalue weighted by Crippen LogP contribution is -2.59. The molecule has 0 aromatic carbocycles. The van der Waals surface area contributed by atoms with Gasteiger partial charge in [0.05, 0.1) is 0 Å². The van der Waals surface area contributed by atoms with Gasteiger partial charge >= 0.3 is 11.9 Å².